The van der Waals surface area contributed by atoms with Crippen molar-refractivity contribution in [2.45, 2.75) is 18.9 Å². The van der Waals surface area contributed by atoms with E-state index in [1.807, 2.05) is 23.1 Å². The van der Waals surface area contributed by atoms with Crippen molar-refractivity contribution in [2.24, 2.45) is 5.92 Å². The first-order valence-electron chi connectivity index (χ1n) is 9.54. The molecule has 2 bridgehead atoms. The van der Waals surface area contributed by atoms with Gasteiger partial charge >= 0.3 is 0 Å². The maximum atomic E-state index is 13.0. The van der Waals surface area contributed by atoms with Gasteiger partial charge in [-0.1, -0.05) is 24.3 Å². The molecule has 5 heteroatoms. The van der Waals surface area contributed by atoms with Crippen molar-refractivity contribution in [3.05, 3.63) is 71.8 Å². The van der Waals surface area contributed by atoms with Gasteiger partial charge in [-0.05, 0) is 48.6 Å². The third-order valence-electron chi connectivity index (χ3n) is 5.54. The highest BCUT2D eigenvalue weighted by Crippen LogP contribution is 2.28. The zero-order valence-corrected chi connectivity index (χ0v) is 15.3. The fraction of sp³-hybridized carbons (Fsp3) is 0.364. The van der Waals surface area contributed by atoms with E-state index in [-0.39, 0.29) is 11.7 Å². The molecule has 0 radical (unpaired) electrons. The minimum atomic E-state index is -0.213. The van der Waals surface area contributed by atoms with Crippen LogP contribution in [0.2, 0.25) is 0 Å². The van der Waals surface area contributed by atoms with Gasteiger partial charge in [-0.2, -0.15) is 0 Å². The normalized spacial score (nSPS) is 22.9. The van der Waals surface area contributed by atoms with Crippen molar-refractivity contribution in [1.82, 2.24) is 14.8 Å². The number of carbonyl (C=O) groups excluding carboxylic acids is 1. The molecule has 0 aliphatic carbocycles. The van der Waals surface area contributed by atoms with Crippen LogP contribution in [0.15, 0.2) is 54.9 Å². The minimum absolute atomic E-state index is 0.0868. The van der Waals surface area contributed by atoms with Gasteiger partial charge in [0.2, 0.25) is 0 Å². The van der Waals surface area contributed by atoms with Gasteiger partial charge < -0.3 is 4.90 Å². The largest absolute Gasteiger partial charge is 0.337 e. The quantitative estimate of drug-likeness (QED) is 0.832. The Morgan fingerprint density at radius 2 is 2.00 bits per heavy atom. The summed E-state index contributed by atoms with van der Waals surface area (Å²) in [4.78, 5) is 21.4. The topological polar surface area (TPSA) is 36.4 Å². The van der Waals surface area contributed by atoms with E-state index in [1.165, 1.54) is 18.6 Å². The average Bonchev–Trinajstić information content (AvgIpc) is 3.01. The van der Waals surface area contributed by atoms with Crippen LogP contribution in [-0.2, 0) is 0 Å². The molecule has 0 saturated carbocycles. The zero-order chi connectivity index (χ0) is 18.6. The Hall–Kier alpha value is -2.53. The molecule has 3 saturated heterocycles. The molecule has 0 unspecified atom stereocenters. The molecule has 4 nitrogen and oxygen atoms in total. The predicted molar refractivity (Wildman–Crippen MR) is 104 cm³/mol. The second-order valence-corrected chi connectivity index (χ2v) is 7.46. The number of carbonyl (C=O) groups is 1. The lowest BCUT2D eigenvalue weighted by molar-refractivity contribution is 0.0740. The summed E-state index contributed by atoms with van der Waals surface area (Å²) in [5.74, 6) is 0.391. The van der Waals surface area contributed by atoms with Gasteiger partial charge in [0.05, 0.1) is 5.56 Å². The molecule has 140 valence electrons. The summed E-state index contributed by atoms with van der Waals surface area (Å²) in [6, 6.07) is 10.6. The molecule has 3 fully saturated rings. The van der Waals surface area contributed by atoms with Crippen LogP contribution >= 0.6 is 0 Å². The molecule has 5 rings (SSSR count). The standard InChI is InChI=1S/C22H24FN3O/c23-20-8-5-17(6-9-20)3-2-12-25-14-18-7-10-21(25)16-26(15-18)22(27)19-4-1-11-24-13-19/h1-6,8-9,11,13,18,21H,7,10,12,14-16H2/t18-,21-/m1/s1. The maximum Gasteiger partial charge on any atom is 0.255 e. The molecule has 4 heterocycles. The molecular formula is C22H24FN3O. The Morgan fingerprint density at radius 1 is 1.15 bits per heavy atom. The van der Waals surface area contributed by atoms with Crippen LogP contribution in [0, 0.1) is 11.7 Å². The Balaban J connectivity index is 1.41. The van der Waals surface area contributed by atoms with Crippen molar-refractivity contribution in [3.63, 3.8) is 0 Å². The van der Waals surface area contributed by atoms with Crippen LogP contribution in [0.3, 0.4) is 0 Å². The molecule has 2 aromatic rings. The molecule has 1 aromatic heterocycles. The lowest BCUT2D eigenvalue weighted by Crippen LogP contribution is -2.44. The van der Waals surface area contributed by atoms with Crippen molar-refractivity contribution < 1.29 is 9.18 Å². The number of aromatic nitrogens is 1. The third-order valence-corrected chi connectivity index (χ3v) is 5.54. The van der Waals surface area contributed by atoms with E-state index in [2.05, 4.69) is 16.0 Å². The van der Waals surface area contributed by atoms with Gasteiger partial charge in [0.1, 0.15) is 5.82 Å². The number of rotatable bonds is 4. The highest BCUT2D eigenvalue weighted by Gasteiger charge is 2.36. The fourth-order valence-electron chi connectivity index (χ4n) is 4.14. The molecule has 27 heavy (non-hydrogen) atoms. The van der Waals surface area contributed by atoms with Gasteiger partial charge in [0, 0.05) is 44.6 Å². The number of nitrogens with zero attached hydrogens (tertiary/aromatic N) is 3. The number of fused-ring (bicyclic) bond motifs is 4. The second kappa shape index (κ2) is 8.01. The molecule has 1 amide bonds. The van der Waals surface area contributed by atoms with Crippen molar-refractivity contribution in [1.29, 1.82) is 0 Å². The van der Waals surface area contributed by atoms with Gasteiger partial charge in [0.15, 0.2) is 0 Å². The number of amides is 1. The first-order valence-corrected chi connectivity index (χ1v) is 9.54. The van der Waals surface area contributed by atoms with Crippen LogP contribution in [0.25, 0.3) is 6.08 Å². The lowest BCUT2D eigenvalue weighted by atomic mass is 9.95. The Kier molecular flexibility index (Phi) is 5.30. The van der Waals surface area contributed by atoms with E-state index in [9.17, 15) is 9.18 Å². The Bertz CT molecular complexity index is 806. The first kappa shape index (κ1) is 17.9. The summed E-state index contributed by atoms with van der Waals surface area (Å²) in [6.07, 6.45) is 9.83. The van der Waals surface area contributed by atoms with E-state index < -0.39 is 0 Å². The summed E-state index contributed by atoms with van der Waals surface area (Å²) in [6.45, 7) is 3.47. The van der Waals surface area contributed by atoms with Gasteiger partial charge in [-0.15, -0.1) is 0 Å². The number of benzene rings is 1. The fourth-order valence-corrected chi connectivity index (χ4v) is 4.14. The van der Waals surface area contributed by atoms with Crippen molar-refractivity contribution in [3.8, 4) is 0 Å². The van der Waals surface area contributed by atoms with E-state index >= 15 is 0 Å². The number of pyridine rings is 1. The Labute approximate surface area is 159 Å². The number of hydrogen-bond acceptors (Lipinski definition) is 3. The molecule has 0 N–H and O–H groups in total. The van der Waals surface area contributed by atoms with E-state index in [0.717, 1.165) is 38.2 Å². The highest BCUT2D eigenvalue weighted by molar-refractivity contribution is 5.94. The van der Waals surface area contributed by atoms with E-state index in [0.29, 0.717) is 17.5 Å². The zero-order valence-electron chi connectivity index (χ0n) is 15.3. The SMILES string of the molecule is O=C(c1cccnc1)N1C[C@@H]2CC[C@H](C1)N(CC=Cc1ccc(F)cc1)C2. The number of piperidine rings is 1. The van der Waals surface area contributed by atoms with Crippen LogP contribution < -0.4 is 0 Å². The average molecular weight is 365 g/mol. The smallest absolute Gasteiger partial charge is 0.255 e. The third kappa shape index (κ3) is 4.25. The minimum Gasteiger partial charge on any atom is -0.337 e. The molecular weight excluding hydrogens is 341 g/mol. The molecule has 3 aliphatic rings. The van der Waals surface area contributed by atoms with E-state index in [4.69, 9.17) is 0 Å². The predicted octanol–water partition coefficient (Wildman–Crippen LogP) is 3.47. The van der Waals surface area contributed by atoms with Crippen LogP contribution in [0.4, 0.5) is 4.39 Å². The maximum absolute atomic E-state index is 13.0. The number of hydrogen-bond donors (Lipinski definition) is 0. The molecule has 0 spiro atoms. The van der Waals surface area contributed by atoms with Gasteiger partial charge in [-0.3, -0.25) is 14.7 Å². The second-order valence-electron chi connectivity index (χ2n) is 7.46. The van der Waals surface area contributed by atoms with Crippen LogP contribution in [-0.4, -0.2) is 52.9 Å². The lowest BCUT2D eigenvalue weighted by Gasteiger charge is -2.35. The van der Waals surface area contributed by atoms with E-state index in [1.54, 1.807) is 24.5 Å². The van der Waals surface area contributed by atoms with Crippen molar-refractivity contribution in [2.75, 3.05) is 26.2 Å². The monoisotopic (exact) mass is 365 g/mol. The Morgan fingerprint density at radius 3 is 2.78 bits per heavy atom. The highest BCUT2D eigenvalue weighted by atomic mass is 19.1. The summed E-state index contributed by atoms with van der Waals surface area (Å²) < 4.78 is 13.0. The van der Waals surface area contributed by atoms with Crippen molar-refractivity contribution >= 4 is 12.0 Å². The summed E-state index contributed by atoms with van der Waals surface area (Å²) >= 11 is 0. The van der Waals surface area contributed by atoms with Gasteiger partial charge in [-0.25, -0.2) is 4.39 Å². The number of halogens is 1. The molecule has 2 atom stereocenters. The molecule has 3 aliphatic heterocycles. The summed E-state index contributed by atoms with van der Waals surface area (Å²) in [5, 5.41) is 0. The molecule has 1 aromatic carbocycles. The van der Waals surface area contributed by atoms with Crippen LogP contribution in [0.1, 0.15) is 28.8 Å². The summed E-state index contributed by atoms with van der Waals surface area (Å²) in [5.41, 5.74) is 1.67. The van der Waals surface area contributed by atoms with Gasteiger partial charge in [0.25, 0.3) is 5.91 Å². The van der Waals surface area contributed by atoms with Crippen LogP contribution in [0.5, 0.6) is 0 Å². The first-order chi connectivity index (χ1) is 13.2. The summed E-state index contributed by atoms with van der Waals surface area (Å²) in [7, 11) is 0.